The predicted molar refractivity (Wildman–Crippen MR) is 149 cm³/mol. The van der Waals surface area contributed by atoms with Crippen LogP contribution in [0.3, 0.4) is 0 Å². The van der Waals surface area contributed by atoms with E-state index in [1.165, 1.54) is 6.08 Å². The van der Waals surface area contributed by atoms with Crippen molar-refractivity contribution in [3.63, 3.8) is 0 Å². The summed E-state index contributed by atoms with van der Waals surface area (Å²) in [5.74, 6) is -0.382. The van der Waals surface area contributed by atoms with Crippen LogP contribution in [-0.2, 0) is 22.7 Å². The second kappa shape index (κ2) is 12.9. The molecular formula is C31H30N4O2. The molecule has 6 nitrogen and oxygen atoms in total. The van der Waals surface area contributed by atoms with E-state index in [4.69, 9.17) is 5.73 Å². The number of nitrogen functional groups attached to an aromatic ring is 1. The fourth-order valence-corrected chi connectivity index (χ4v) is 3.82. The number of carbonyl (C=O) groups is 2. The zero-order chi connectivity index (χ0) is 25.9. The van der Waals surface area contributed by atoms with Gasteiger partial charge in [0.25, 0.3) is 0 Å². The molecule has 0 heterocycles. The molecule has 0 radical (unpaired) electrons. The molecule has 37 heavy (non-hydrogen) atoms. The minimum atomic E-state index is -0.536. The normalized spacial score (nSPS) is 11.7. The van der Waals surface area contributed by atoms with Gasteiger partial charge in [-0.25, -0.2) is 0 Å². The Balaban J connectivity index is 1.43. The van der Waals surface area contributed by atoms with Crippen LogP contribution in [0.5, 0.6) is 0 Å². The molecule has 0 saturated carbocycles. The molecule has 1 atom stereocenters. The summed E-state index contributed by atoms with van der Waals surface area (Å²) < 4.78 is 0. The van der Waals surface area contributed by atoms with Gasteiger partial charge in [0.1, 0.15) is 6.04 Å². The molecule has 0 aliphatic rings. The van der Waals surface area contributed by atoms with Crippen molar-refractivity contribution >= 4 is 29.3 Å². The minimum Gasteiger partial charge on any atom is -0.397 e. The molecule has 0 aliphatic heterocycles. The van der Waals surface area contributed by atoms with Gasteiger partial charge in [0, 0.05) is 19.2 Å². The molecule has 6 heteroatoms. The number of para-hydroxylation sites is 2. The van der Waals surface area contributed by atoms with Crippen LogP contribution in [0.15, 0.2) is 115 Å². The quantitative estimate of drug-likeness (QED) is 0.184. The average molecular weight is 491 g/mol. The van der Waals surface area contributed by atoms with Crippen LogP contribution in [0.4, 0.5) is 11.4 Å². The van der Waals surface area contributed by atoms with Gasteiger partial charge < -0.3 is 16.4 Å². The third kappa shape index (κ3) is 7.65. The number of rotatable bonds is 10. The van der Waals surface area contributed by atoms with E-state index in [1.807, 2.05) is 97.1 Å². The highest BCUT2D eigenvalue weighted by Crippen LogP contribution is 2.18. The molecule has 0 aliphatic carbocycles. The van der Waals surface area contributed by atoms with Crippen molar-refractivity contribution in [1.29, 1.82) is 0 Å². The van der Waals surface area contributed by atoms with E-state index in [1.54, 1.807) is 18.2 Å². The molecule has 2 amide bonds. The van der Waals surface area contributed by atoms with Crippen LogP contribution >= 0.6 is 0 Å². The predicted octanol–water partition coefficient (Wildman–Crippen LogP) is 5.07. The average Bonchev–Trinajstić information content (AvgIpc) is 2.94. The van der Waals surface area contributed by atoms with Gasteiger partial charge in [-0.15, -0.1) is 0 Å². The fourth-order valence-electron chi connectivity index (χ4n) is 3.82. The molecule has 0 aromatic heterocycles. The summed E-state index contributed by atoms with van der Waals surface area (Å²) in [6.07, 6.45) is 3.18. The lowest BCUT2D eigenvalue weighted by Gasteiger charge is -2.19. The van der Waals surface area contributed by atoms with Gasteiger partial charge in [0.05, 0.1) is 11.4 Å². The molecular weight excluding hydrogens is 460 g/mol. The van der Waals surface area contributed by atoms with Crippen molar-refractivity contribution in [3.05, 3.63) is 138 Å². The molecule has 4 aromatic rings. The van der Waals surface area contributed by atoms with Crippen molar-refractivity contribution in [2.75, 3.05) is 11.1 Å². The van der Waals surface area contributed by atoms with E-state index in [0.717, 1.165) is 22.3 Å². The lowest BCUT2D eigenvalue weighted by molar-refractivity contribution is -0.123. The molecule has 5 N–H and O–H groups in total. The number of hydrogen-bond donors (Lipinski definition) is 4. The number of carbonyl (C=O) groups excluding carboxylic acids is 2. The lowest BCUT2D eigenvalue weighted by atomic mass is 10.0. The lowest BCUT2D eigenvalue weighted by Crippen LogP contribution is -2.37. The summed E-state index contributed by atoms with van der Waals surface area (Å²) in [4.78, 5) is 25.5. The van der Waals surface area contributed by atoms with Crippen LogP contribution in [-0.4, -0.2) is 11.8 Å². The Morgan fingerprint density at radius 2 is 1.32 bits per heavy atom. The number of amides is 2. The molecule has 4 rings (SSSR count). The highest BCUT2D eigenvalue weighted by atomic mass is 16.2. The number of hydrogen-bond acceptors (Lipinski definition) is 4. The maximum atomic E-state index is 13.2. The first-order valence-electron chi connectivity index (χ1n) is 12.1. The largest absolute Gasteiger partial charge is 0.397 e. The SMILES string of the molecule is Nc1ccccc1NC(=O)/C=C/c1ccc(C(NCc2ccccc2)C(=O)NCc2ccccc2)cc1. The topological polar surface area (TPSA) is 96.2 Å². The summed E-state index contributed by atoms with van der Waals surface area (Å²) >= 11 is 0. The van der Waals surface area contributed by atoms with Crippen LogP contribution in [0.25, 0.3) is 6.08 Å². The Kier molecular flexibility index (Phi) is 8.83. The number of anilines is 2. The standard InChI is InChI=1S/C31H30N4O2/c32-27-13-7-8-14-28(27)35-29(36)20-17-23-15-18-26(19-16-23)30(33-21-24-9-3-1-4-10-24)31(37)34-22-25-11-5-2-6-12-25/h1-20,30,33H,21-22,32H2,(H,34,37)(H,35,36)/b20-17+. The molecule has 186 valence electrons. The van der Waals surface area contributed by atoms with Gasteiger partial charge >= 0.3 is 0 Å². The summed E-state index contributed by atoms with van der Waals surface area (Å²) in [7, 11) is 0. The molecule has 1 unspecified atom stereocenters. The second-order valence-corrected chi connectivity index (χ2v) is 8.58. The van der Waals surface area contributed by atoms with E-state index in [2.05, 4.69) is 16.0 Å². The third-order valence-corrected chi connectivity index (χ3v) is 5.84. The maximum Gasteiger partial charge on any atom is 0.248 e. The van der Waals surface area contributed by atoms with E-state index in [0.29, 0.717) is 24.5 Å². The Bertz CT molecular complexity index is 1340. The van der Waals surface area contributed by atoms with Crippen molar-refractivity contribution in [2.24, 2.45) is 0 Å². The fraction of sp³-hybridized carbons (Fsp3) is 0.0968. The van der Waals surface area contributed by atoms with Crippen molar-refractivity contribution in [3.8, 4) is 0 Å². The highest BCUT2D eigenvalue weighted by molar-refractivity contribution is 6.03. The van der Waals surface area contributed by atoms with Crippen LogP contribution in [0, 0.1) is 0 Å². The summed E-state index contributed by atoms with van der Waals surface area (Å²) in [5, 5.41) is 9.19. The minimum absolute atomic E-state index is 0.108. The molecule has 0 bridgehead atoms. The van der Waals surface area contributed by atoms with Gasteiger partial charge in [0.2, 0.25) is 11.8 Å². The molecule has 0 saturated heterocycles. The Hall–Kier alpha value is -4.68. The van der Waals surface area contributed by atoms with Gasteiger partial charge in [0.15, 0.2) is 0 Å². The van der Waals surface area contributed by atoms with E-state index in [9.17, 15) is 9.59 Å². The monoisotopic (exact) mass is 490 g/mol. The van der Waals surface area contributed by atoms with Crippen LogP contribution in [0.2, 0.25) is 0 Å². The maximum absolute atomic E-state index is 13.2. The van der Waals surface area contributed by atoms with Gasteiger partial charge in [-0.05, 0) is 40.5 Å². The number of nitrogens with one attached hydrogen (secondary N) is 3. The number of nitrogens with two attached hydrogens (primary N) is 1. The third-order valence-electron chi connectivity index (χ3n) is 5.84. The first kappa shape index (κ1) is 25.4. The van der Waals surface area contributed by atoms with Crippen molar-refractivity contribution in [2.45, 2.75) is 19.1 Å². The molecule has 4 aromatic carbocycles. The highest BCUT2D eigenvalue weighted by Gasteiger charge is 2.20. The van der Waals surface area contributed by atoms with Crippen LogP contribution in [0.1, 0.15) is 28.3 Å². The summed E-state index contributed by atoms with van der Waals surface area (Å²) in [6.45, 7) is 1.000. The zero-order valence-corrected chi connectivity index (χ0v) is 20.4. The van der Waals surface area contributed by atoms with Crippen molar-refractivity contribution < 1.29 is 9.59 Å². The Labute approximate surface area is 217 Å². The van der Waals surface area contributed by atoms with Crippen LogP contribution < -0.4 is 21.7 Å². The van der Waals surface area contributed by atoms with E-state index in [-0.39, 0.29) is 11.8 Å². The summed E-state index contributed by atoms with van der Waals surface area (Å²) in [5.41, 5.74) is 10.8. The van der Waals surface area contributed by atoms with Gasteiger partial charge in [-0.1, -0.05) is 97.1 Å². The number of benzene rings is 4. The van der Waals surface area contributed by atoms with E-state index >= 15 is 0 Å². The smallest absolute Gasteiger partial charge is 0.248 e. The second-order valence-electron chi connectivity index (χ2n) is 8.58. The Morgan fingerprint density at radius 3 is 1.97 bits per heavy atom. The first-order chi connectivity index (χ1) is 18.1. The summed E-state index contributed by atoms with van der Waals surface area (Å²) in [6, 6.07) is 33.9. The first-order valence-corrected chi connectivity index (χ1v) is 12.1. The molecule has 0 spiro atoms. The van der Waals surface area contributed by atoms with Gasteiger partial charge in [-0.3, -0.25) is 14.9 Å². The van der Waals surface area contributed by atoms with Gasteiger partial charge in [-0.2, -0.15) is 0 Å². The molecule has 0 fully saturated rings. The van der Waals surface area contributed by atoms with Crippen molar-refractivity contribution in [1.82, 2.24) is 10.6 Å². The Morgan fingerprint density at radius 1 is 0.730 bits per heavy atom. The van der Waals surface area contributed by atoms with E-state index < -0.39 is 6.04 Å². The zero-order valence-electron chi connectivity index (χ0n) is 20.4.